The number of hydrogen-bond donors (Lipinski definition) is 1. The fraction of sp³-hybridized carbons (Fsp3) is 0.120. The van der Waals surface area contributed by atoms with Crippen molar-refractivity contribution in [3.05, 3.63) is 100 Å². The lowest BCUT2D eigenvalue weighted by atomic mass is 10.0. The van der Waals surface area contributed by atoms with Gasteiger partial charge in [-0.1, -0.05) is 53.6 Å². The molecule has 0 saturated heterocycles. The van der Waals surface area contributed by atoms with Crippen LogP contribution >= 0.6 is 11.6 Å². The summed E-state index contributed by atoms with van der Waals surface area (Å²) in [6, 6.07) is 21.9. The maximum absolute atomic E-state index is 13.3. The average Bonchev–Trinajstić information content (AvgIpc) is 3.01. The van der Waals surface area contributed by atoms with Crippen LogP contribution in [-0.4, -0.2) is 23.8 Å². The van der Waals surface area contributed by atoms with Crippen LogP contribution in [0.4, 0.5) is 5.69 Å². The van der Waals surface area contributed by atoms with E-state index in [1.54, 1.807) is 55.6 Å². The van der Waals surface area contributed by atoms with E-state index in [1.807, 2.05) is 31.2 Å². The number of hydrogen-bond acceptors (Lipinski definition) is 4. The minimum absolute atomic E-state index is 0.160. The number of carbonyl (C=O) groups is 2. The number of rotatable bonds is 6. The van der Waals surface area contributed by atoms with Crippen molar-refractivity contribution in [3.63, 3.8) is 0 Å². The molecule has 1 aliphatic heterocycles. The summed E-state index contributed by atoms with van der Waals surface area (Å²) in [5, 5.41) is 3.76. The maximum Gasteiger partial charge on any atom is 0.278 e. The second kappa shape index (κ2) is 8.66. The normalized spacial score (nSPS) is 13.7. The van der Waals surface area contributed by atoms with Crippen LogP contribution in [0.25, 0.3) is 5.57 Å². The fourth-order valence-corrected chi connectivity index (χ4v) is 3.54. The molecule has 2 amide bonds. The average molecular weight is 433 g/mol. The van der Waals surface area contributed by atoms with Crippen molar-refractivity contribution in [2.45, 2.75) is 13.5 Å². The first kappa shape index (κ1) is 20.7. The van der Waals surface area contributed by atoms with Gasteiger partial charge in [0, 0.05) is 10.7 Å². The van der Waals surface area contributed by atoms with Crippen LogP contribution in [0.3, 0.4) is 0 Å². The number of amides is 2. The Morgan fingerprint density at radius 3 is 2.13 bits per heavy atom. The zero-order valence-electron chi connectivity index (χ0n) is 17.2. The highest BCUT2D eigenvalue weighted by Crippen LogP contribution is 2.32. The van der Waals surface area contributed by atoms with Crippen molar-refractivity contribution in [2.24, 2.45) is 0 Å². The van der Waals surface area contributed by atoms with Crippen LogP contribution in [0.5, 0.6) is 5.75 Å². The third kappa shape index (κ3) is 4.32. The lowest BCUT2D eigenvalue weighted by Crippen LogP contribution is -2.32. The van der Waals surface area contributed by atoms with Crippen molar-refractivity contribution in [1.82, 2.24) is 4.90 Å². The Labute approximate surface area is 185 Å². The zero-order valence-corrected chi connectivity index (χ0v) is 17.9. The lowest BCUT2D eigenvalue weighted by Gasteiger charge is -2.15. The Hall–Kier alpha value is -3.57. The van der Waals surface area contributed by atoms with Crippen molar-refractivity contribution in [1.29, 1.82) is 0 Å². The summed E-state index contributed by atoms with van der Waals surface area (Å²) in [5.41, 5.74) is 3.90. The van der Waals surface area contributed by atoms with Gasteiger partial charge in [-0.15, -0.1) is 0 Å². The van der Waals surface area contributed by atoms with E-state index in [0.29, 0.717) is 21.9 Å². The molecule has 0 aromatic heterocycles. The number of aryl methyl sites for hydroxylation is 1. The molecule has 0 unspecified atom stereocenters. The highest BCUT2D eigenvalue weighted by molar-refractivity contribution is 6.36. The fourth-order valence-electron chi connectivity index (χ4n) is 3.41. The van der Waals surface area contributed by atoms with Gasteiger partial charge in [0.15, 0.2) is 0 Å². The van der Waals surface area contributed by atoms with Gasteiger partial charge in [0.05, 0.1) is 19.2 Å². The predicted molar refractivity (Wildman–Crippen MR) is 122 cm³/mol. The summed E-state index contributed by atoms with van der Waals surface area (Å²) in [4.78, 5) is 27.9. The van der Waals surface area contributed by atoms with E-state index in [1.165, 1.54) is 4.90 Å². The number of halogens is 1. The van der Waals surface area contributed by atoms with E-state index in [0.717, 1.165) is 16.8 Å². The Kier molecular flexibility index (Phi) is 5.78. The number of benzene rings is 3. The molecule has 0 saturated carbocycles. The zero-order chi connectivity index (χ0) is 22.0. The summed E-state index contributed by atoms with van der Waals surface area (Å²) in [7, 11) is 1.58. The molecule has 4 rings (SSSR count). The van der Waals surface area contributed by atoms with Gasteiger partial charge in [-0.3, -0.25) is 14.5 Å². The van der Waals surface area contributed by atoms with Crippen LogP contribution in [0.2, 0.25) is 5.02 Å². The Morgan fingerprint density at radius 1 is 0.871 bits per heavy atom. The first-order chi connectivity index (χ1) is 15.0. The molecule has 0 bridgehead atoms. The number of carbonyl (C=O) groups excluding carboxylic acids is 2. The SMILES string of the molecule is COc1ccc(C2=C(Nc3ccc(C)cc3)C(=O)N(Cc3ccc(Cl)cc3)C2=O)cc1. The second-order valence-electron chi connectivity index (χ2n) is 7.29. The summed E-state index contributed by atoms with van der Waals surface area (Å²) in [6.07, 6.45) is 0. The van der Waals surface area contributed by atoms with Crippen molar-refractivity contribution < 1.29 is 14.3 Å². The maximum atomic E-state index is 13.3. The van der Waals surface area contributed by atoms with Crippen LogP contribution in [-0.2, 0) is 16.1 Å². The number of ether oxygens (including phenoxy) is 1. The van der Waals surface area contributed by atoms with Gasteiger partial charge in [-0.25, -0.2) is 0 Å². The molecule has 31 heavy (non-hydrogen) atoms. The quantitative estimate of drug-likeness (QED) is 0.554. The van der Waals surface area contributed by atoms with Crippen LogP contribution < -0.4 is 10.1 Å². The smallest absolute Gasteiger partial charge is 0.278 e. The van der Waals surface area contributed by atoms with Crippen molar-refractivity contribution in [3.8, 4) is 5.75 Å². The minimum Gasteiger partial charge on any atom is -0.497 e. The van der Waals surface area contributed by atoms with E-state index in [-0.39, 0.29) is 24.1 Å². The standard InChI is InChI=1S/C25H21ClN2O3/c1-16-3-11-20(12-4-16)27-23-22(18-7-13-21(31-2)14-8-18)24(29)28(25(23)30)15-17-5-9-19(26)10-6-17/h3-14,27H,15H2,1-2H3. The monoisotopic (exact) mass is 432 g/mol. The third-order valence-corrected chi connectivity index (χ3v) is 5.37. The summed E-state index contributed by atoms with van der Waals surface area (Å²) in [6.45, 7) is 2.15. The van der Waals surface area contributed by atoms with Gasteiger partial charge in [0.1, 0.15) is 11.4 Å². The highest BCUT2D eigenvalue weighted by atomic mass is 35.5. The summed E-state index contributed by atoms with van der Waals surface area (Å²) in [5.74, 6) is -0.0433. The van der Waals surface area contributed by atoms with E-state index in [4.69, 9.17) is 16.3 Å². The van der Waals surface area contributed by atoms with Gasteiger partial charge in [-0.2, -0.15) is 0 Å². The number of anilines is 1. The molecule has 1 N–H and O–H groups in total. The molecule has 3 aromatic carbocycles. The molecule has 3 aromatic rings. The molecule has 5 nitrogen and oxygen atoms in total. The van der Waals surface area contributed by atoms with Gasteiger partial charge in [0.25, 0.3) is 11.8 Å². The Balaban J connectivity index is 1.72. The lowest BCUT2D eigenvalue weighted by molar-refractivity contribution is -0.137. The summed E-state index contributed by atoms with van der Waals surface area (Å²) >= 11 is 5.96. The Morgan fingerprint density at radius 2 is 1.52 bits per heavy atom. The number of nitrogens with one attached hydrogen (secondary N) is 1. The molecule has 156 valence electrons. The molecule has 0 atom stereocenters. The Bertz CT molecular complexity index is 1150. The molecule has 1 heterocycles. The molecule has 6 heteroatoms. The second-order valence-corrected chi connectivity index (χ2v) is 7.73. The molecular weight excluding hydrogens is 412 g/mol. The van der Waals surface area contributed by atoms with Crippen LogP contribution in [0, 0.1) is 6.92 Å². The number of imide groups is 1. The van der Waals surface area contributed by atoms with Gasteiger partial charge in [-0.05, 0) is 54.4 Å². The van der Waals surface area contributed by atoms with E-state index < -0.39 is 0 Å². The van der Waals surface area contributed by atoms with E-state index in [9.17, 15) is 9.59 Å². The van der Waals surface area contributed by atoms with Crippen molar-refractivity contribution in [2.75, 3.05) is 12.4 Å². The molecule has 0 aliphatic carbocycles. The minimum atomic E-state index is -0.369. The topological polar surface area (TPSA) is 58.6 Å². The van der Waals surface area contributed by atoms with Gasteiger partial charge < -0.3 is 10.1 Å². The van der Waals surface area contributed by atoms with Crippen LogP contribution in [0.1, 0.15) is 16.7 Å². The first-order valence-corrected chi connectivity index (χ1v) is 10.2. The highest BCUT2D eigenvalue weighted by Gasteiger charge is 2.39. The molecule has 0 fully saturated rings. The van der Waals surface area contributed by atoms with Crippen molar-refractivity contribution >= 4 is 34.7 Å². The van der Waals surface area contributed by atoms with Gasteiger partial charge in [0.2, 0.25) is 0 Å². The molecule has 0 radical (unpaired) electrons. The predicted octanol–water partition coefficient (Wildman–Crippen LogP) is 5.05. The van der Waals surface area contributed by atoms with E-state index >= 15 is 0 Å². The largest absolute Gasteiger partial charge is 0.497 e. The van der Waals surface area contributed by atoms with E-state index in [2.05, 4.69) is 5.32 Å². The summed E-state index contributed by atoms with van der Waals surface area (Å²) < 4.78 is 5.22. The molecule has 1 aliphatic rings. The number of nitrogens with zero attached hydrogens (tertiary/aromatic N) is 1. The van der Waals surface area contributed by atoms with Gasteiger partial charge >= 0.3 is 0 Å². The molecular formula is C25H21ClN2O3. The third-order valence-electron chi connectivity index (χ3n) is 5.12. The van der Waals surface area contributed by atoms with Crippen LogP contribution in [0.15, 0.2) is 78.5 Å². The molecule has 0 spiro atoms. The first-order valence-electron chi connectivity index (χ1n) is 9.79. The number of methoxy groups -OCH3 is 1.